The summed E-state index contributed by atoms with van der Waals surface area (Å²) in [5, 5.41) is 6.35. The van der Waals surface area contributed by atoms with E-state index in [9.17, 15) is 4.79 Å². The van der Waals surface area contributed by atoms with Gasteiger partial charge in [-0.15, -0.1) is 5.10 Å². The van der Waals surface area contributed by atoms with E-state index in [4.69, 9.17) is 9.47 Å². The molecule has 21 heavy (non-hydrogen) atoms. The van der Waals surface area contributed by atoms with E-state index in [-0.39, 0.29) is 5.41 Å². The molecule has 0 aromatic carbocycles. The predicted molar refractivity (Wildman–Crippen MR) is 80.7 cm³/mol. The number of carbonyl (C=O) groups is 1. The fraction of sp³-hybridized carbons (Fsp3) is 0.600. The van der Waals surface area contributed by atoms with Crippen molar-refractivity contribution in [1.29, 1.82) is 0 Å². The number of allylic oxidation sites excluding steroid dienone is 2. The molecule has 0 radical (unpaired) electrons. The maximum absolute atomic E-state index is 11.8. The second-order valence-electron chi connectivity index (χ2n) is 6.15. The van der Waals surface area contributed by atoms with Crippen molar-refractivity contribution in [3.8, 4) is 0 Å². The van der Waals surface area contributed by atoms with E-state index in [2.05, 4.69) is 5.10 Å². The Kier molecular flexibility index (Phi) is 4.09. The third-order valence-electron chi connectivity index (χ3n) is 3.69. The van der Waals surface area contributed by atoms with E-state index < -0.39 is 11.8 Å². The highest BCUT2D eigenvalue weighted by Crippen LogP contribution is 2.36. The Morgan fingerprint density at radius 1 is 1.38 bits per heavy atom. The fourth-order valence-corrected chi connectivity index (χ4v) is 2.31. The van der Waals surface area contributed by atoms with Crippen molar-refractivity contribution in [3.63, 3.8) is 0 Å². The molecule has 0 fully saturated rings. The molecule has 0 aromatic rings. The molecule has 6 nitrogen and oxygen atoms in total. The highest BCUT2D eigenvalue weighted by Gasteiger charge is 2.45. The van der Waals surface area contributed by atoms with Crippen LogP contribution in [0.4, 0.5) is 4.79 Å². The maximum Gasteiger partial charge on any atom is 0.415 e. The van der Waals surface area contributed by atoms with Gasteiger partial charge in [0.2, 0.25) is 5.90 Å². The molecule has 1 heterocycles. The van der Waals surface area contributed by atoms with Crippen LogP contribution in [-0.4, -0.2) is 55.4 Å². The Balaban J connectivity index is 2.24. The second kappa shape index (κ2) is 5.52. The first-order valence-electron chi connectivity index (χ1n) is 6.96. The number of hydrogen-bond donors (Lipinski definition) is 0. The number of hydrogen-bond acceptors (Lipinski definition) is 5. The first-order valence-corrected chi connectivity index (χ1v) is 6.96. The van der Waals surface area contributed by atoms with Crippen LogP contribution in [0, 0.1) is 5.41 Å². The van der Waals surface area contributed by atoms with Crippen LogP contribution in [0.1, 0.15) is 20.3 Å². The number of carbonyl (C=O) groups excluding carboxylic acids is 1. The average molecular weight is 293 g/mol. The van der Waals surface area contributed by atoms with Gasteiger partial charge in [0, 0.05) is 27.6 Å². The van der Waals surface area contributed by atoms with E-state index in [0.717, 1.165) is 0 Å². The van der Waals surface area contributed by atoms with Gasteiger partial charge in [-0.25, -0.2) is 4.79 Å². The van der Waals surface area contributed by atoms with E-state index in [1.807, 2.05) is 43.2 Å². The minimum Gasteiger partial charge on any atom is -0.393 e. The molecule has 0 saturated heterocycles. The SMILES string of the molecule is COC1(N2CC(C)(C)C(OC(=O)N(C)C)=N2)C=CC=CC1. The summed E-state index contributed by atoms with van der Waals surface area (Å²) in [4.78, 5) is 13.2. The number of ether oxygens (including phenoxy) is 2. The smallest absolute Gasteiger partial charge is 0.393 e. The summed E-state index contributed by atoms with van der Waals surface area (Å²) in [5.41, 5.74) is -0.968. The van der Waals surface area contributed by atoms with Gasteiger partial charge in [-0.2, -0.15) is 0 Å². The van der Waals surface area contributed by atoms with E-state index in [1.54, 1.807) is 21.2 Å². The van der Waals surface area contributed by atoms with Gasteiger partial charge in [0.05, 0.1) is 12.0 Å². The summed E-state index contributed by atoms with van der Waals surface area (Å²) < 4.78 is 11.1. The first kappa shape index (κ1) is 15.6. The van der Waals surface area contributed by atoms with Gasteiger partial charge in [0.1, 0.15) is 0 Å². The lowest BCUT2D eigenvalue weighted by Gasteiger charge is -2.38. The maximum atomic E-state index is 11.8. The quantitative estimate of drug-likeness (QED) is 0.783. The molecule has 1 unspecified atom stereocenters. The van der Waals surface area contributed by atoms with Crippen LogP contribution in [0.15, 0.2) is 29.4 Å². The number of amides is 1. The molecular formula is C15H23N3O3. The molecule has 2 rings (SSSR count). The largest absolute Gasteiger partial charge is 0.415 e. The minimum atomic E-state index is -0.613. The van der Waals surface area contributed by atoms with E-state index in [1.165, 1.54) is 4.90 Å². The van der Waals surface area contributed by atoms with Crippen LogP contribution in [-0.2, 0) is 9.47 Å². The molecule has 116 valence electrons. The number of methoxy groups -OCH3 is 1. The van der Waals surface area contributed by atoms with Crippen molar-refractivity contribution < 1.29 is 14.3 Å². The van der Waals surface area contributed by atoms with Gasteiger partial charge in [-0.3, -0.25) is 5.01 Å². The van der Waals surface area contributed by atoms with E-state index in [0.29, 0.717) is 18.9 Å². The van der Waals surface area contributed by atoms with Gasteiger partial charge in [-0.1, -0.05) is 18.2 Å². The van der Waals surface area contributed by atoms with Crippen molar-refractivity contribution >= 4 is 12.0 Å². The second-order valence-corrected chi connectivity index (χ2v) is 6.15. The molecule has 2 aliphatic rings. The summed E-state index contributed by atoms with van der Waals surface area (Å²) in [7, 11) is 4.96. The minimum absolute atomic E-state index is 0.355. The van der Waals surface area contributed by atoms with Crippen molar-refractivity contribution in [3.05, 3.63) is 24.3 Å². The molecule has 0 spiro atoms. The monoisotopic (exact) mass is 293 g/mol. The van der Waals surface area contributed by atoms with Crippen molar-refractivity contribution in [1.82, 2.24) is 9.91 Å². The molecule has 1 aliphatic heterocycles. The van der Waals surface area contributed by atoms with Crippen molar-refractivity contribution in [2.45, 2.75) is 26.0 Å². The van der Waals surface area contributed by atoms with Crippen molar-refractivity contribution in [2.75, 3.05) is 27.7 Å². The Hall–Kier alpha value is -1.82. The Bertz CT molecular complexity index is 508. The Labute approximate surface area is 125 Å². The first-order chi connectivity index (χ1) is 9.81. The Morgan fingerprint density at radius 2 is 2.10 bits per heavy atom. The fourth-order valence-electron chi connectivity index (χ4n) is 2.31. The van der Waals surface area contributed by atoms with Crippen LogP contribution < -0.4 is 0 Å². The molecule has 0 bridgehead atoms. The van der Waals surface area contributed by atoms with Gasteiger partial charge >= 0.3 is 6.09 Å². The van der Waals surface area contributed by atoms with Crippen LogP contribution in [0.5, 0.6) is 0 Å². The van der Waals surface area contributed by atoms with Crippen molar-refractivity contribution in [2.24, 2.45) is 10.5 Å². The standard InChI is InChI=1S/C15H23N3O3/c1-14(2)11-18(15(20-5)9-7-6-8-10-15)16-12(14)21-13(19)17(3)4/h6-9H,10-11H2,1-5H3. The molecule has 1 atom stereocenters. The average Bonchev–Trinajstić information content (AvgIpc) is 2.75. The van der Waals surface area contributed by atoms with Crippen LogP contribution in [0.2, 0.25) is 0 Å². The van der Waals surface area contributed by atoms with Gasteiger partial charge < -0.3 is 14.4 Å². The van der Waals surface area contributed by atoms with Gasteiger partial charge in [0.15, 0.2) is 5.72 Å². The summed E-state index contributed by atoms with van der Waals surface area (Å²) in [6.07, 6.45) is 8.22. The van der Waals surface area contributed by atoms with Crippen LogP contribution >= 0.6 is 0 Å². The number of hydrazone groups is 1. The van der Waals surface area contributed by atoms with Crippen LogP contribution in [0.3, 0.4) is 0 Å². The zero-order valence-electron chi connectivity index (χ0n) is 13.3. The third-order valence-corrected chi connectivity index (χ3v) is 3.69. The number of nitrogens with zero attached hydrogens (tertiary/aromatic N) is 3. The van der Waals surface area contributed by atoms with E-state index >= 15 is 0 Å². The highest BCUT2D eigenvalue weighted by molar-refractivity contribution is 5.92. The normalized spacial score (nSPS) is 26.7. The van der Waals surface area contributed by atoms with Crippen LogP contribution in [0.25, 0.3) is 0 Å². The highest BCUT2D eigenvalue weighted by atomic mass is 16.6. The molecule has 1 aliphatic carbocycles. The molecule has 6 heteroatoms. The van der Waals surface area contributed by atoms with Gasteiger partial charge in [-0.05, 0) is 19.9 Å². The molecule has 0 N–H and O–H groups in total. The van der Waals surface area contributed by atoms with Gasteiger partial charge in [0.25, 0.3) is 0 Å². The third kappa shape index (κ3) is 2.95. The Morgan fingerprint density at radius 3 is 2.62 bits per heavy atom. The number of rotatable bonds is 2. The summed E-state index contributed by atoms with van der Waals surface area (Å²) in [6, 6.07) is 0. The summed E-state index contributed by atoms with van der Waals surface area (Å²) in [5.74, 6) is 0.417. The summed E-state index contributed by atoms with van der Waals surface area (Å²) >= 11 is 0. The zero-order chi connectivity index (χ0) is 15.7. The molecule has 0 saturated carbocycles. The molecule has 1 amide bonds. The lowest BCUT2D eigenvalue weighted by Crippen LogP contribution is -2.46. The topological polar surface area (TPSA) is 54.4 Å². The zero-order valence-corrected chi connectivity index (χ0v) is 13.3. The molecule has 0 aromatic heterocycles. The predicted octanol–water partition coefficient (Wildman–Crippen LogP) is 2.20. The lowest BCUT2D eigenvalue weighted by atomic mass is 9.93. The lowest BCUT2D eigenvalue weighted by molar-refractivity contribution is -0.0978. The summed E-state index contributed by atoms with van der Waals surface area (Å²) in [6.45, 7) is 4.62. The molecular weight excluding hydrogens is 270 g/mol.